The van der Waals surface area contributed by atoms with Crippen molar-refractivity contribution in [1.29, 1.82) is 0 Å². The second-order valence-corrected chi connectivity index (χ2v) is 14.8. The van der Waals surface area contributed by atoms with Crippen molar-refractivity contribution in [2.75, 3.05) is 0 Å². The van der Waals surface area contributed by atoms with E-state index in [1.807, 2.05) is 38.1 Å². The maximum atomic E-state index is 14.1. The Morgan fingerprint density at radius 1 is 0.956 bits per heavy atom. The number of aryl methyl sites for hydroxylation is 1. The van der Waals surface area contributed by atoms with E-state index in [1.54, 1.807) is 23.5 Å². The van der Waals surface area contributed by atoms with E-state index in [1.165, 1.54) is 6.07 Å². The van der Waals surface area contributed by atoms with Crippen molar-refractivity contribution in [3.05, 3.63) is 108 Å². The third-order valence-corrected chi connectivity index (χ3v) is 10.9. The van der Waals surface area contributed by atoms with Gasteiger partial charge >= 0.3 is 22.1 Å². The number of carbonyl (C=O) groups excluding carboxylic acids is 2. The van der Waals surface area contributed by atoms with Crippen LogP contribution in [0.5, 0.6) is 11.5 Å². The maximum Gasteiger partial charge on any atom is 0.339 e. The van der Waals surface area contributed by atoms with Gasteiger partial charge in [0, 0.05) is 44.8 Å². The van der Waals surface area contributed by atoms with Gasteiger partial charge in [-0.15, -0.1) is 11.3 Å². The summed E-state index contributed by atoms with van der Waals surface area (Å²) >= 11 is 5.07. The van der Waals surface area contributed by atoms with E-state index in [-0.39, 0.29) is 27.9 Å². The Kier molecular flexibility index (Phi) is 9.62. The number of benzene rings is 3. The normalized spacial score (nSPS) is 13.5. The van der Waals surface area contributed by atoms with E-state index >= 15 is 0 Å². The Labute approximate surface area is 274 Å². The van der Waals surface area contributed by atoms with Gasteiger partial charge in [0.25, 0.3) is 0 Å². The number of esters is 1. The first-order chi connectivity index (χ1) is 21.3. The first-order valence-electron chi connectivity index (χ1n) is 14.4. The van der Waals surface area contributed by atoms with Crippen molar-refractivity contribution in [2.45, 2.75) is 63.7 Å². The highest BCUT2D eigenvalue weighted by atomic mass is 79.9. The van der Waals surface area contributed by atoms with Gasteiger partial charge in [-0.2, -0.15) is 8.42 Å². The summed E-state index contributed by atoms with van der Waals surface area (Å²) < 4.78 is 38.5. The van der Waals surface area contributed by atoms with Gasteiger partial charge in [-0.3, -0.25) is 9.59 Å². The molecule has 1 aliphatic rings. The van der Waals surface area contributed by atoms with Gasteiger partial charge < -0.3 is 14.0 Å². The van der Waals surface area contributed by atoms with E-state index in [0.29, 0.717) is 23.1 Å². The molecule has 3 aromatic carbocycles. The van der Waals surface area contributed by atoms with Gasteiger partial charge in [0.2, 0.25) is 0 Å². The summed E-state index contributed by atoms with van der Waals surface area (Å²) in [4.78, 5) is 38.9. The molecule has 0 aliphatic heterocycles. The van der Waals surface area contributed by atoms with Crippen LogP contribution in [-0.2, 0) is 21.3 Å². The van der Waals surface area contributed by atoms with Crippen LogP contribution in [0, 0.1) is 13.8 Å². The van der Waals surface area contributed by atoms with Crippen molar-refractivity contribution >= 4 is 55.1 Å². The maximum absolute atomic E-state index is 14.1. The second-order valence-electron chi connectivity index (χ2n) is 11.0. The zero-order chi connectivity index (χ0) is 32.5. The molecular formula is C34H31BrO8S2. The minimum atomic E-state index is -4.47. The molecular weight excluding hydrogens is 680 g/mol. The molecule has 0 bridgehead atoms. The summed E-state index contributed by atoms with van der Waals surface area (Å²) in [6.07, 6.45) is 4.19. The summed E-state index contributed by atoms with van der Waals surface area (Å²) in [7, 11) is -4.47. The average molecular weight is 712 g/mol. The summed E-state index contributed by atoms with van der Waals surface area (Å²) in [6.45, 7) is 5.04. The molecule has 0 unspecified atom stereocenters. The highest BCUT2D eigenvalue weighted by Crippen LogP contribution is 2.41. The molecule has 11 heteroatoms. The number of carbonyl (C=O) groups is 3. The lowest BCUT2D eigenvalue weighted by molar-refractivity contribution is -0.131. The standard InChI is InChI=1S/C34H31BrO8S2/c1-19-20(2)44-31(16-22-8-11-25(35)12-9-22)32(19)33(37)24-10-15-29(28(17-24)23-6-4-5-7-23)43-45(40,41)26-13-14-27(34(38)39)30(18-26)42-21(3)36/h8-15,17-18,23H,4-7,16H2,1-3H3,(H,38,39). The summed E-state index contributed by atoms with van der Waals surface area (Å²) in [5.74, 6) is -2.61. The molecule has 8 nitrogen and oxygen atoms in total. The number of hydrogen-bond acceptors (Lipinski definition) is 8. The number of thiophene rings is 1. The molecule has 45 heavy (non-hydrogen) atoms. The molecule has 4 aromatic rings. The van der Waals surface area contributed by atoms with Crippen molar-refractivity contribution in [2.24, 2.45) is 0 Å². The first-order valence-corrected chi connectivity index (χ1v) is 17.4. The lowest BCUT2D eigenvalue weighted by Crippen LogP contribution is -2.14. The largest absolute Gasteiger partial charge is 0.478 e. The fourth-order valence-corrected chi connectivity index (χ4v) is 8.06. The van der Waals surface area contributed by atoms with Crippen LogP contribution in [0.25, 0.3) is 0 Å². The highest BCUT2D eigenvalue weighted by molar-refractivity contribution is 9.10. The molecule has 1 fully saturated rings. The van der Waals surface area contributed by atoms with Crippen molar-refractivity contribution in [1.82, 2.24) is 0 Å². The number of carboxylic acid groups (broad SMARTS) is 1. The van der Waals surface area contributed by atoms with E-state index in [9.17, 15) is 27.9 Å². The molecule has 234 valence electrons. The van der Waals surface area contributed by atoms with Gasteiger partial charge in [0.05, 0.1) is 0 Å². The van der Waals surface area contributed by atoms with Gasteiger partial charge in [0.1, 0.15) is 22.0 Å². The highest BCUT2D eigenvalue weighted by Gasteiger charge is 2.28. The molecule has 1 heterocycles. The monoisotopic (exact) mass is 710 g/mol. The lowest BCUT2D eigenvalue weighted by Gasteiger charge is -2.18. The number of aromatic carboxylic acids is 1. The van der Waals surface area contributed by atoms with Crippen LogP contribution in [0.4, 0.5) is 0 Å². The smallest absolute Gasteiger partial charge is 0.339 e. The van der Waals surface area contributed by atoms with E-state index in [4.69, 9.17) is 8.92 Å². The minimum absolute atomic E-state index is 0.00138. The Morgan fingerprint density at radius 3 is 2.29 bits per heavy atom. The molecule has 5 rings (SSSR count). The Balaban J connectivity index is 1.51. The third kappa shape index (κ3) is 7.21. The van der Waals surface area contributed by atoms with Crippen LogP contribution in [0.2, 0.25) is 0 Å². The van der Waals surface area contributed by atoms with E-state index in [2.05, 4.69) is 15.9 Å². The molecule has 0 amide bonds. The quantitative estimate of drug-likeness (QED) is 0.0760. The van der Waals surface area contributed by atoms with Crippen molar-refractivity contribution in [3.63, 3.8) is 0 Å². The summed E-state index contributed by atoms with van der Waals surface area (Å²) in [6, 6.07) is 15.9. The van der Waals surface area contributed by atoms with Crippen LogP contribution in [0.1, 0.15) is 91.2 Å². The fraction of sp³-hybridized carbons (Fsp3) is 0.265. The number of hydrogen-bond donors (Lipinski definition) is 1. The number of carboxylic acids is 1. The zero-order valence-electron chi connectivity index (χ0n) is 24.9. The van der Waals surface area contributed by atoms with Gasteiger partial charge in [-0.25, -0.2) is 4.79 Å². The second kappa shape index (κ2) is 13.3. The lowest BCUT2D eigenvalue weighted by atomic mass is 9.91. The fourth-order valence-electron chi connectivity index (χ4n) is 5.61. The molecule has 0 radical (unpaired) electrons. The van der Waals surface area contributed by atoms with Crippen molar-refractivity contribution in [3.8, 4) is 11.5 Å². The van der Waals surface area contributed by atoms with Crippen LogP contribution in [0.15, 0.2) is 70.0 Å². The average Bonchev–Trinajstić information content (AvgIpc) is 3.61. The number of ketones is 1. The number of ether oxygens (including phenoxy) is 1. The predicted molar refractivity (Wildman–Crippen MR) is 174 cm³/mol. The topological polar surface area (TPSA) is 124 Å². The number of rotatable bonds is 10. The Hall–Kier alpha value is -3.80. The minimum Gasteiger partial charge on any atom is -0.478 e. The van der Waals surface area contributed by atoms with Crippen LogP contribution in [0.3, 0.4) is 0 Å². The number of halogens is 1. The molecule has 1 saturated carbocycles. The van der Waals surface area contributed by atoms with Crippen LogP contribution in [-0.4, -0.2) is 31.2 Å². The molecule has 1 aliphatic carbocycles. The van der Waals surface area contributed by atoms with Crippen LogP contribution >= 0.6 is 27.3 Å². The molecule has 0 saturated heterocycles. The molecule has 0 spiro atoms. The third-order valence-electron chi connectivity index (χ3n) is 7.96. The van der Waals surface area contributed by atoms with Crippen LogP contribution < -0.4 is 8.92 Å². The molecule has 1 N–H and O–H groups in total. The van der Waals surface area contributed by atoms with E-state index in [0.717, 1.165) is 76.2 Å². The van der Waals surface area contributed by atoms with Gasteiger partial charge in [-0.1, -0.05) is 40.9 Å². The Morgan fingerprint density at radius 2 is 1.64 bits per heavy atom. The van der Waals surface area contributed by atoms with Gasteiger partial charge in [-0.05, 0) is 91.8 Å². The first kappa shape index (κ1) is 32.6. The van der Waals surface area contributed by atoms with Crippen molar-refractivity contribution < 1.29 is 36.8 Å². The molecule has 0 atom stereocenters. The SMILES string of the molecule is CC(=O)Oc1cc(S(=O)(=O)Oc2ccc(C(=O)c3c(Cc4ccc(Br)cc4)sc(C)c3C)cc2C2CCCC2)ccc1C(=O)O. The summed E-state index contributed by atoms with van der Waals surface area (Å²) in [5, 5.41) is 9.44. The van der Waals surface area contributed by atoms with E-state index < -0.39 is 27.8 Å². The molecule has 1 aromatic heterocycles. The predicted octanol–water partition coefficient (Wildman–Crippen LogP) is 8.00. The Bertz CT molecular complexity index is 1900. The zero-order valence-corrected chi connectivity index (χ0v) is 28.1. The van der Waals surface area contributed by atoms with Gasteiger partial charge in [0.15, 0.2) is 5.78 Å². The summed E-state index contributed by atoms with van der Waals surface area (Å²) in [5.41, 5.74) is 3.39.